The Balaban J connectivity index is 2.13. The monoisotopic (exact) mass is 282 g/mol. The molecule has 0 unspecified atom stereocenters. The van der Waals surface area contributed by atoms with E-state index in [9.17, 15) is 8.78 Å². The number of halogens is 2. The predicted molar refractivity (Wildman–Crippen MR) is 78.6 cm³/mol. The van der Waals surface area contributed by atoms with Crippen LogP contribution in [0.25, 0.3) is 0 Å². The van der Waals surface area contributed by atoms with Crippen molar-refractivity contribution >= 4 is 5.69 Å². The third-order valence-corrected chi connectivity index (χ3v) is 4.42. The molecular weight excluding hydrogens is 258 g/mol. The van der Waals surface area contributed by atoms with Crippen molar-refractivity contribution in [3.63, 3.8) is 0 Å². The van der Waals surface area contributed by atoms with Crippen LogP contribution >= 0.6 is 0 Å². The summed E-state index contributed by atoms with van der Waals surface area (Å²) in [6.45, 7) is 8.30. The maximum absolute atomic E-state index is 14.1. The van der Waals surface area contributed by atoms with E-state index in [-0.39, 0.29) is 17.5 Å². The normalized spacial score (nSPS) is 17.6. The molecule has 1 aromatic rings. The first-order chi connectivity index (χ1) is 9.34. The van der Waals surface area contributed by atoms with Gasteiger partial charge >= 0.3 is 0 Å². The van der Waals surface area contributed by atoms with Crippen LogP contribution in [0.15, 0.2) is 12.1 Å². The second-order valence-electron chi connectivity index (χ2n) is 6.70. The molecule has 0 atom stereocenters. The fourth-order valence-corrected chi connectivity index (χ4v) is 2.97. The Morgan fingerprint density at radius 2 is 1.75 bits per heavy atom. The predicted octanol–water partition coefficient (Wildman–Crippen LogP) is 3.69. The summed E-state index contributed by atoms with van der Waals surface area (Å²) in [5.74, 6) is -0.930. The Bertz CT molecular complexity index is 472. The Labute approximate surface area is 120 Å². The van der Waals surface area contributed by atoms with Gasteiger partial charge in [-0.05, 0) is 30.2 Å². The SMILES string of the molecule is CC(C)(C)C1CCN(c2ccc(CN)c(F)c2F)CC1. The van der Waals surface area contributed by atoms with Gasteiger partial charge in [-0.15, -0.1) is 0 Å². The molecule has 0 aromatic heterocycles. The molecule has 0 radical (unpaired) electrons. The molecule has 4 heteroatoms. The minimum Gasteiger partial charge on any atom is -0.369 e. The maximum Gasteiger partial charge on any atom is 0.182 e. The van der Waals surface area contributed by atoms with Crippen molar-refractivity contribution in [2.24, 2.45) is 17.1 Å². The molecule has 0 spiro atoms. The van der Waals surface area contributed by atoms with E-state index in [1.54, 1.807) is 12.1 Å². The molecule has 0 amide bonds. The van der Waals surface area contributed by atoms with Gasteiger partial charge in [-0.3, -0.25) is 0 Å². The zero-order valence-electron chi connectivity index (χ0n) is 12.5. The summed E-state index contributed by atoms with van der Waals surface area (Å²) in [5, 5.41) is 0. The summed E-state index contributed by atoms with van der Waals surface area (Å²) in [6.07, 6.45) is 2.03. The molecule has 1 aliphatic heterocycles. The highest BCUT2D eigenvalue weighted by molar-refractivity contribution is 5.50. The van der Waals surface area contributed by atoms with Crippen LogP contribution in [0.3, 0.4) is 0 Å². The van der Waals surface area contributed by atoms with Crippen molar-refractivity contribution in [1.29, 1.82) is 0 Å². The molecule has 0 saturated carbocycles. The van der Waals surface area contributed by atoms with Crippen LogP contribution < -0.4 is 10.6 Å². The van der Waals surface area contributed by atoms with Crippen LogP contribution in [-0.4, -0.2) is 13.1 Å². The largest absolute Gasteiger partial charge is 0.369 e. The van der Waals surface area contributed by atoms with Gasteiger partial charge in [0.2, 0.25) is 0 Å². The van der Waals surface area contributed by atoms with Crippen molar-refractivity contribution < 1.29 is 8.78 Å². The highest BCUT2D eigenvalue weighted by Gasteiger charge is 2.30. The van der Waals surface area contributed by atoms with Crippen LogP contribution in [0.5, 0.6) is 0 Å². The van der Waals surface area contributed by atoms with Crippen molar-refractivity contribution in [2.45, 2.75) is 40.2 Å². The Kier molecular flexibility index (Phi) is 4.33. The van der Waals surface area contributed by atoms with Gasteiger partial charge in [0.25, 0.3) is 0 Å². The number of benzene rings is 1. The van der Waals surface area contributed by atoms with Gasteiger partial charge in [0.15, 0.2) is 11.6 Å². The number of nitrogens with zero attached hydrogens (tertiary/aromatic N) is 1. The molecule has 112 valence electrons. The van der Waals surface area contributed by atoms with Gasteiger partial charge in [-0.1, -0.05) is 26.8 Å². The molecule has 2 rings (SSSR count). The Morgan fingerprint density at radius 3 is 2.25 bits per heavy atom. The maximum atomic E-state index is 14.1. The van der Waals surface area contributed by atoms with Gasteiger partial charge in [0.1, 0.15) is 0 Å². The van der Waals surface area contributed by atoms with Crippen LogP contribution in [0.2, 0.25) is 0 Å². The molecule has 2 N–H and O–H groups in total. The number of hydrogen-bond acceptors (Lipinski definition) is 2. The molecule has 0 bridgehead atoms. The first kappa shape index (κ1) is 15.2. The number of piperidine rings is 1. The highest BCUT2D eigenvalue weighted by Crippen LogP contribution is 2.36. The standard InChI is InChI=1S/C16H24F2N2/c1-16(2,3)12-6-8-20(9-7-12)13-5-4-11(10-19)14(17)15(13)18/h4-5,12H,6-10,19H2,1-3H3. The fraction of sp³-hybridized carbons (Fsp3) is 0.625. The summed E-state index contributed by atoms with van der Waals surface area (Å²) >= 11 is 0. The van der Waals surface area contributed by atoms with Crippen molar-refractivity contribution in [2.75, 3.05) is 18.0 Å². The van der Waals surface area contributed by atoms with E-state index in [0.29, 0.717) is 11.6 Å². The van der Waals surface area contributed by atoms with E-state index in [2.05, 4.69) is 20.8 Å². The first-order valence-electron chi connectivity index (χ1n) is 7.26. The van der Waals surface area contributed by atoms with Crippen molar-refractivity contribution in [3.05, 3.63) is 29.3 Å². The second-order valence-corrected chi connectivity index (χ2v) is 6.70. The Hall–Kier alpha value is -1.16. The summed E-state index contributed by atoms with van der Waals surface area (Å²) < 4.78 is 27.9. The summed E-state index contributed by atoms with van der Waals surface area (Å²) in [5.41, 5.74) is 6.27. The molecule has 1 saturated heterocycles. The average molecular weight is 282 g/mol. The summed E-state index contributed by atoms with van der Waals surface area (Å²) in [7, 11) is 0. The van der Waals surface area contributed by atoms with Gasteiger partial charge in [-0.25, -0.2) is 8.78 Å². The zero-order chi connectivity index (χ0) is 14.9. The number of rotatable bonds is 2. The molecule has 2 nitrogen and oxygen atoms in total. The zero-order valence-corrected chi connectivity index (χ0v) is 12.5. The smallest absolute Gasteiger partial charge is 0.182 e. The van der Waals surface area contributed by atoms with Gasteiger partial charge in [0.05, 0.1) is 5.69 Å². The number of anilines is 1. The highest BCUT2D eigenvalue weighted by atomic mass is 19.2. The summed E-state index contributed by atoms with van der Waals surface area (Å²) in [4.78, 5) is 1.95. The molecule has 1 fully saturated rings. The van der Waals surface area contributed by atoms with E-state index in [4.69, 9.17) is 5.73 Å². The molecule has 20 heavy (non-hydrogen) atoms. The molecule has 0 aliphatic carbocycles. The quantitative estimate of drug-likeness (QED) is 0.896. The van der Waals surface area contributed by atoms with Crippen LogP contribution in [-0.2, 0) is 6.54 Å². The van der Waals surface area contributed by atoms with Gasteiger partial charge in [0, 0.05) is 25.2 Å². The van der Waals surface area contributed by atoms with Crippen molar-refractivity contribution in [1.82, 2.24) is 0 Å². The lowest BCUT2D eigenvalue weighted by molar-refractivity contribution is 0.198. The van der Waals surface area contributed by atoms with E-state index >= 15 is 0 Å². The number of nitrogens with two attached hydrogens (primary N) is 1. The lowest BCUT2D eigenvalue weighted by Crippen LogP contribution is -2.38. The minimum absolute atomic E-state index is 0.0229. The van der Waals surface area contributed by atoms with E-state index in [1.807, 2.05) is 4.90 Å². The summed E-state index contributed by atoms with van der Waals surface area (Å²) in [6, 6.07) is 3.24. The van der Waals surface area contributed by atoms with Crippen LogP contribution in [0.4, 0.5) is 14.5 Å². The van der Waals surface area contributed by atoms with E-state index in [0.717, 1.165) is 25.9 Å². The van der Waals surface area contributed by atoms with E-state index in [1.165, 1.54) is 0 Å². The number of hydrogen-bond donors (Lipinski definition) is 1. The topological polar surface area (TPSA) is 29.3 Å². The minimum atomic E-state index is -0.803. The molecule has 1 aliphatic rings. The van der Waals surface area contributed by atoms with Crippen LogP contribution in [0, 0.1) is 23.0 Å². The third kappa shape index (κ3) is 2.95. The third-order valence-electron chi connectivity index (χ3n) is 4.42. The Morgan fingerprint density at radius 1 is 1.15 bits per heavy atom. The lowest BCUT2D eigenvalue weighted by Gasteiger charge is -2.39. The van der Waals surface area contributed by atoms with Crippen molar-refractivity contribution in [3.8, 4) is 0 Å². The van der Waals surface area contributed by atoms with E-state index < -0.39 is 11.6 Å². The lowest BCUT2D eigenvalue weighted by atomic mass is 9.75. The molecular formula is C16H24F2N2. The molecule has 1 aromatic carbocycles. The first-order valence-corrected chi connectivity index (χ1v) is 7.26. The molecule has 1 heterocycles. The van der Waals surface area contributed by atoms with Gasteiger partial charge in [-0.2, -0.15) is 0 Å². The average Bonchev–Trinajstić information content (AvgIpc) is 2.41. The van der Waals surface area contributed by atoms with Gasteiger partial charge < -0.3 is 10.6 Å². The van der Waals surface area contributed by atoms with Crippen LogP contribution in [0.1, 0.15) is 39.2 Å². The fourth-order valence-electron chi connectivity index (χ4n) is 2.97. The second kappa shape index (κ2) is 5.68.